The molecular weight excluding hydrogens is 366 g/mol. The number of methoxy groups -OCH3 is 1. The monoisotopic (exact) mass is 384 g/mol. The van der Waals surface area contributed by atoms with Crippen LogP contribution in [0.2, 0.25) is 0 Å². The number of hydrogen-bond acceptors (Lipinski definition) is 4. The van der Waals surface area contributed by atoms with Crippen molar-refractivity contribution in [1.82, 2.24) is 10.3 Å². The summed E-state index contributed by atoms with van der Waals surface area (Å²) >= 11 is 0. The van der Waals surface area contributed by atoms with Crippen LogP contribution in [0.5, 0.6) is 0 Å². The van der Waals surface area contributed by atoms with E-state index >= 15 is 0 Å². The highest BCUT2D eigenvalue weighted by Gasteiger charge is 2.23. The molecule has 0 aliphatic heterocycles. The fourth-order valence-electron chi connectivity index (χ4n) is 2.91. The first-order chi connectivity index (χ1) is 13.4. The molecule has 3 rings (SSSR count). The number of ether oxygens (including phenoxy) is 1. The molecule has 0 radical (unpaired) electrons. The van der Waals surface area contributed by atoms with Gasteiger partial charge in [-0.3, -0.25) is 9.78 Å². The average Bonchev–Trinajstić information content (AvgIpc) is 2.65. The van der Waals surface area contributed by atoms with Crippen molar-refractivity contribution in [3.63, 3.8) is 0 Å². The van der Waals surface area contributed by atoms with E-state index in [1.54, 1.807) is 6.07 Å². The molecule has 28 heavy (non-hydrogen) atoms. The molecule has 144 valence electrons. The average molecular weight is 384 g/mol. The van der Waals surface area contributed by atoms with Crippen LogP contribution in [0.1, 0.15) is 11.3 Å². The van der Waals surface area contributed by atoms with Crippen LogP contribution in [0, 0.1) is 11.6 Å². The van der Waals surface area contributed by atoms with Gasteiger partial charge >= 0.3 is 5.97 Å². The molecule has 2 aromatic carbocycles. The van der Waals surface area contributed by atoms with Gasteiger partial charge in [0.05, 0.1) is 19.0 Å². The van der Waals surface area contributed by atoms with Crippen molar-refractivity contribution in [3.8, 4) is 0 Å². The largest absolute Gasteiger partial charge is 0.467 e. The van der Waals surface area contributed by atoms with Crippen molar-refractivity contribution < 1.29 is 23.1 Å². The van der Waals surface area contributed by atoms with Crippen molar-refractivity contribution in [2.75, 3.05) is 7.11 Å². The van der Waals surface area contributed by atoms with E-state index in [4.69, 9.17) is 4.74 Å². The predicted molar refractivity (Wildman–Crippen MR) is 99.5 cm³/mol. The summed E-state index contributed by atoms with van der Waals surface area (Å²) in [5.74, 6) is -2.73. The van der Waals surface area contributed by atoms with Crippen molar-refractivity contribution in [2.45, 2.75) is 18.9 Å². The summed E-state index contributed by atoms with van der Waals surface area (Å²) in [4.78, 5) is 28.9. The van der Waals surface area contributed by atoms with Gasteiger partial charge in [-0.1, -0.05) is 24.3 Å². The molecule has 0 saturated heterocycles. The summed E-state index contributed by atoms with van der Waals surface area (Å²) in [6.45, 7) is 0. The van der Waals surface area contributed by atoms with Gasteiger partial charge in [-0.05, 0) is 29.8 Å². The van der Waals surface area contributed by atoms with E-state index in [1.165, 1.54) is 7.11 Å². The second-order valence-electron chi connectivity index (χ2n) is 6.30. The number of pyridine rings is 1. The Balaban J connectivity index is 1.73. The molecule has 7 heteroatoms. The molecule has 1 N–H and O–H groups in total. The molecule has 0 spiro atoms. The van der Waals surface area contributed by atoms with Crippen LogP contribution < -0.4 is 5.32 Å². The first-order valence-corrected chi connectivity index (χ1v) is 8.61. The highest BCUT2D eigenvalue weighted by atomic mass is 19.1. The Morgan fingerprint density at radius 1 is 1.07 bits per heavy atom. The summed E-state index contributed by atoms with van der Waals surface area (Å²) in [6.07, 6.45) is -0.145. The Kier molecular flexibility index (Phi) is 5.93. The summed E-state index contributed by atoms with van der Waals surface area (Å²) in [7, 11) is 1.22. The number of fused-ring (bicyclic) bond motifs is 1. The first-order valence-electron chi connectivity index (χ1n) is 8.61. The minimum Gasteiger partial charge on any atom is -0.467 e. The lowest BCUT2D eigenvalue weighted by Crippen LogP contribution is -2.43. The summed E-state index contributed by atoms with van der Waals surface area (Å²) in [5.41, 5.74) is 1.54. The molecule has 1 heterocycles. The normalized spacial score (nSPS) is 11.8. The Bertz CT molecular complexity index is 1000. The van der Waals surface area contributed by atoms with E-state index in [1.807, 2.05) is 30.3 Å². The number of amides is 1. The van der Waals surface area contributed by atoms with Crippen LogP contribution in [-0.4, -0.2) is 30.0 Å². The van der Waals surface area contributed by atoms with E-state index in [2.05, 4.69) is 10.3 Å². The van der Waals surface area contributed by atoms with E-state index in [0.717, 1.165) is 29.1 Å². The van der Waals surface area contributed by atoms with Gasteiger partial charge in [0, 0.05) is 23.6 Å². The van der Waals surface area contributed by atoms with Crippen LogP contribution in [-0.2, 0) is 27.2 Å². The van der Waals surface area contributed by atoms with Gasteiger partial charge in [-0.25, -0.2) is 13.6 Å². The Morgan fingerprint density at radius 2 is 1.79 bits per heavy atom. The molecule has 1 atom stereocenters. The molecular formula is C21H18F2N2O3. The molecule has 1 amide bonds. The van der Waals surface area contributed by atoms with Crippen LogP contribution >= 0.6 is 0 Å². The second-order valence-corrected chi connectivity index (χ2v) is 6.30. The van der Waals surface area contributed by atoms with E-state index in [0.29, 0.717) is 5.69 Å². The molecule has 0 fully saturated rings. The van der Waals surface area contributed by atoms with Gasteiger partial charge in [0.2, 0.25) is 5.91 Å². The van der Waals surface area contributed by atoms with E-state index in [9.17, 15) is 18.4 Å². The number of para-hydroxylation sites is 1. The lowest BCUT2D eigenvalue weighted by molar-refractivity contribution is -0.145. The minimum atomic E-state index is -0.968. The number of benzene rings is 2. The lowest BCUT2D eigenvalue weighted by atomic mass is 10.1. The minimum absolute atomic E-state index is 0.126. The summed E-state index contributed by atoms with van der Waals surface area (Å²) < 4.78 is 31.3. The maximum atomic E-state index is 13.3. The highest BCUT2D eigenvalue weighted by Crippen LogP contribution is 2.14. The smallest absolute Gasteiger partial charge is 0.328 e. The summed E-state index contributed by atoms with van der Waals surface area (Å²) in [6, 6.07) is 13.1. The number of esters is 1. The molecule has 0 aliphatic carbocycles. The molecule has 3 aromatic rings. The van der Waals surface area contributed by atoms with Crippen LogP contribution in [0.15, 0.2) is 54.6 Å². The number of rotatable bonds is 6. The zero-order chi connectivity index (χ0) is 20.1. The predicted octanol–water partition coefficient (Wildman–Crippen LogP) is 2.96. The molecule has 0 unspecified atom stereocenters. The third-order valence-electron chi connectivity index (χ3n) is 4.18. The van der Waals surface area contributed by atoms with Gasteiger partial charge in [0.15, 0.2) is 0 Å². The third-order valence-corrected chi connectivity index (χ3v) is 4.18. The Labute approximate surface area is 160 Å². The topological polar surface area (TPSA) is 68.3 Å². The fraction of sp³-hybridized carbons (Fsp3) is 0.190. The standard InChI is InChI=1S/C21H18F2N2O3/c1-28-21(27)19(12-17-7-6-14-4-2-3-5-18(14)24-17)25-20(26)10-13-8-15(22)11-16(23)9-13/h2-9,11,19H,10,12H2,1H3,(H,25,26)/t19-/m0/s1. The van der Waals surface area contributed by atoms with Gasteiger partial charge in [0.1, 0.15) is 17.7 Å². The number of hydrogen-bond donors (Lipinski definition) is 1. The fourth-order valence-corrected chi connectivity index (χ4v) is 2.91. The Hall–Kier alpha value is -3.35. The molecule has 5 nitrogen and oxygen atoms in total. The molecule has 1 aromatic heterocycles. The molecule has 0 bridgehead atoms. The van der Waals surface area contributed by atoms with Crippen LogP contribution in [0.4, 0.5) is 8.78 Å². The van der Waals surface area contributed by atoms with Crippen LogP contribution in [0.3, 0.4) is 0 Å². The van der Waals surface area contributed by atoms with Crippen molar-refractivity contribution >= 4 is 22.8 Å². The van der Waals surface area contributed by atoms with Crippen molar-refractivity contribution in [3.05, 3.63) is 77.5 Å². The van der Waals surface area contributed by atoms with E-state index < -0.39 is 29.6 Å². The zero-order valence-electron chi connectivity index (χ0n) is 15.1. The number of nitrogens with one attached hydrogen (secondary N) is 1. The number of carbonyl (C=O) groups is 2. The number of nitrogens with zero attached hydrogens (tertiary/aromatic N) is 1. The van der Waals surface area contributed by atoms with Gasteiger partial charge in [0.25, 0.3) is 0 Å². The van der Waals surface area contributed by atoms with Gasteiger partial charge in [-0.15, -0.1) is 0 Å². The summed E-state index contributed by atoms with van der Waals surface area (Å²) in [5, 5.41) is 3.51. The molecule has 0 saturated carbocycles. The number of halogens is 2. The van der Waals surface area contributed by atoms with Gasteiger partial charge in [-0.2, -0.15) is 0 Å². The van der Waals surface area contributed by atoms with E-state index in [-0.39, 0.29) is 18.4 Å². The zero-order valence-corrected chi connectivity index (χ0v) is 15.1. The SMILES string of the molecule is COC(=O)[C@H](Cc1ccc2ccccc2n1)NC(=O)Cc1cc(F)cc(F)c1. The number of aromatic nitrogens is 1. The Morgan fingerprint density at radius 3 is 2.50 bits per heavy atom. The molecule has 0 aliphatic rings. The second kappa shape index (κ2) is 8.56. The quantitative estimate of drug-likeness (QED) is 0.664. The highest BCUT2D eigenvalue weighted by molar-refractivity contribution is 5.86. The lowest BCUT2D eigenvalue weighted by Gasteiger charge is -2.16. The first kappa shape index (κ1) is 19.4. The van der Waals surface area contributed by atoms with Crippen LogP contribution in [0.25, 0.3) is 10.9 Å². The maximum absolute atomic E-state index is 13.3. The number of carbonyl (C=O) groups excluding carboxylic acids is 2. The van der Waals surface area contributed by atoms with Crippen molar-refractivity contribution in [1.29, 1.82) is 0 Å². The van der Waals surface area contributed by atoms with Crippen molar-refractivity contribution in [2.24, 2.45) is 0 Å². The third kappa shape index (κ3) is 4.88. The van der Waals surface area contributed by atoms with Gasteiger partial charge < -0.3 is 10.1 Å². The maximum Gasteiger partial charge on any atom is 0.328 e.